The van der Waals surface area contributed by atoms with Crippen molar-refractivity contribution in [1.29, 1.82) is 31.6 Å². The largest absolute Gasteiger partial charge is 6.00 e. The smallest absolute Gasteiger partial charge is 1.00 e. The normalized spacial score (nSPS) is 3.68. The van der Waals surface area contributed by atoms with Gasteiger partial charge in [-0.05, 0) is 0 Å². The van der Waals surface area contributed by atoms with Crippen molar-refractivity contribution in [3.8, 4) is 0 Å². The van der Waals surface area contributed by atoms with Crippen molar-refractivity contribution in [2.75, 3.05) is 0 Å². The first-order chi connectivity index (χ1) is 8.00. The summed E-state index contributed by atoms with van der Waals surface area (Å²) in [5.41, 5.74) is 0. The third-order valence-corrected chi connectivity index (χ3v) is 0. The number of hydrogen-bond donors (Lipinski definition) is 2. The summed E-state index contributed by atoms with van der Waals surface area (Å²) in [4.78, 5) is 0. The third kappa shape index (κ3) is 3550. The Morgan fingerprint density at radius 2 is 0.632 bits per heavy atom. The first-order valence-corrected chi connectivity index (χ1v) is 3.44. The molecule has 0 rings (SSSR count). The second-order valence-electron chi connectivity index (χ2n) is 0.448. The van der Waals surface area contributed by atoms with E-state index in [1.807, 2.05) is 0 Å². The van der Waals surface area contributed by atoms with E-state index in [4.69, 9.17) is 88.5 Å². The van der Waals surface area contributed by atoms with Crippen LogP contribution in [0.3, 0.4) is 0 Å². The van der Waals surface area contributed by atoms with Gasteiger partial charge in [-0.2, -0.15) is 8.42 Å². The maximum absolute atomic E-state index is 8.74. The van der Waals surface area contributed by atoms with E-state index >= 15 is 0 Å². The summed E-state index contributed by atoms with van der Waals surface area (Å²) in [5.74, 6) is 0. The number of hydrogen-bond acceptors (Lipinski definition) is 8. The van der Waals surface area contributed by atoms with Crippen molar-refractivity contribution in [2.24, 2.45) is 0 Å². The monoisotopic (exact) mass is 350 g/mol. The summed E-state index contributed by atoms with van der Waals surface area (Å²) in [7, 11) is -4.67. The van der Waals surface area contributed by atoms with Crippen LogP contribution in [0.2, 0.25) is 0 Å². The molecular weight excluding hydrogens is 347 g/mol. The van der Waals surface area contributed by atoms with Crippen molar-refractivity contribution in [2.45, 2.75) is 0 Å². The van der Waals surface area contributed by atoms with E-state index < -0.39 is 10.4 Å². The van der Waals surface area contributed by atoms with E-state index in [1.165, 1.54) is 0 Å². The van der Waals surface area contributed by atoms with Gasteiger partial charge in [-0.3, -0.25) is 9.11 Å². The van der Waals surface area contributed by atoms with Crippen molar-refractivity contribution in [3.05, 3.63) is 39.4 Å². The molecule has 0 bridgehead atoms. The average Bonchev–Trinajstić information content (AvgIpc) is 2.41. The van der Waals surface area contributed by atoms with Crippen LogP contribution in [0, 0.1) is 71.0 Å². The molecule has 0 aliphatic heterocycles. The van der Waals surface area contributed by atoms with Gasteiger partial charge in [0.05, 0.1) is 0 Å². The molecule has 10 nitrogen and oxygen atoms in total. The second kappa shape index (κ2) is 175. The molecule has 0 saturated carbocycles. The fraction of sp³-hybridized carbons (Fsp3) is 0. The van der Waals surface area contributed by atoms with Crippen molar-refractivity contribution < 1.29 is 87.4 Å². The summed E-state index contributed by atoms with van der Waals surface area (Å²) >= 11 is 0. The van der Waals surface area contributed by atoms with Gasteiger partial charge in [0, 0.05) is 0 Å². The SMILES string of the molecule is O=S(=O)(O)O.[C-]#N.[C-]#N.[C-]#N.[C-]#N.[C-]#N.[C-]#N.[Fe+6].[H-].[K+]. The summed E-state index contributed by atoms with van der Waals surface area (Å²) < 4.78 is 31.6. The molecule has 19 heavy (non-hydrogen) atoms. The quantitative estimate of drug-likeness (QED) is 0.257. The van der Waals surface area contributed by atoms with E-state index in [1.54, 1.807) is 0 Å². The molecule has 0 aliphatic rings. The van der Waals surface area contributed by atoms with Crippen LogP contribution in [0.1, 0.15) is 1.43 Å². The van der Waals surface area contributed by atoms with Gasteiger partial charge in [0.25, 0.3) is 0 Å². The zero-order valence-corrected chi connectivity index (χ0v) is 14.2. The maximum atomic E-state index is 8.74. The topological polar surface area (TPSA) is 217 Å². The molecule has 0 amide bonds. The Morgan fingerprint density at radius 1 is 0.632 bits per heavy atom. The zero-order chi connectivity index (χ0) is 16.5. The molecule has 0 radical (unpaired) electrons. The molecule has 96 valence electrons. The first-order valence-electron chi connectivity index (χ1n) is 2.04. The maximum Gasteiger partial charge on any atom is 6.00 e. The molecule has 0 aromatic heterocycles. The van der Waals surface area contributed by atoms with Crippen LogP contribution >= 0.6 is 0 Å². The van der Waals surface area contributed by atoms with E-state index in [2.05, 4.69) is 0 Å². The van der Waals surface area contributed by atoms with Gasteiger partial charge in [0.2, 0.25) is 0 Å². The number of rotatable bonds is 0. The molecule has 0 atom stereocenters. The van der Waals surface area contributed by atoms with Gasteiger partial charge >= 0.3 is 78.9 Å². The van der Waals surface area contributed by atoms with Gasteiger partial charge in [-0.25, -0.2) is 0 Å². The molecule has 13 heteroatoms. The summed E-state index contributed by atoms with van der Waals surface area (Å²) in [6.45, 7) is 28.5. The fourth-order valence-electron chi connectivity index (χ4n) is 0. The average molecular weight is 350 g/mol. The molecule has 0 heterocycles. The Kier molecular flexibility index (Phi) is 594. The summed E-state index contributed by atoms with van der Waals surface area (Å²) in [6.07, 6.45) is 0. The van der Waals surface area contributed by atoms with Crippen LogP contribution in [0.4, 0.5) is 0 Å². The minimum Gasteiger partial charge on any atom is -1.00 e. The predicted molar refractivity (Wildman–Crippen MR) is 45.1 cm³/mol. The fourth-order valence-corrected chi connectivity index (χ4v) is 0. The molecule has 0 unspecified atom stereocenters. The Balaban J connectivity index is -0.00000000750. The van der Waals surface area contributed by atoms with E-state index in [0.29, 0.717) is 0 Å². The molecule has 2 N–H and O–H groups in total. The standard InChI is InChI=1S/6CN.Fe.K.H2O4S.H/c6*1-2;;;1-5(2,3)4;/h;;;;;;;;(H2,1,2,3,4);/q6*-1;+6;+1;;-1. The third-order valence-electron chi connectivity index (χ3n) is 0. The van der Waals surface area contributed by atoms with Gasteiger partial charge in [-0.15, -0.1) is 0 Å². The van der Waals surface area contributed by atoms with Gasteiger partial charge in [-0.1, -0.05) is 0 Å². The van der Waals surface area contributed by atoms with Gasteiger partial charge < -0.3 is 72.4 Å². The van der Waals surface area contributed by atoms with Gasteiger partial charge in [0.15, 0.2) is 0 Å². The molecule has 0 spiro atoms. The van der Waals surface area contributed by atoms with Gasteiger partial charge in [0.1, 0.15) is 0 Å². The van der Waals surface area contributed by atoms with Crippen LogP contribution < -0.4 is 51.4 Å². The molecule has 0 aliphatic carbocycles. The minimum atomic E-state index is -4.67. The van der Waals surface area contributed by atoms with E-state index in [9.17, 15) is 0 Å². The van der Waals surface area contributed by atoms with Crippen molar-refractivity contribution in [3.63, 3.8) is 0 Å². The van der Waals surface area contributed by atoms with E-state index in [-0.39, 0.29) is 69.9 Å². The summed E-state index contributed by atoms with van der Waals surface area (Å²) in [5, 5.41) is 37.5. The molecule has 0 saturated heterocycles. The van der Waals surface area contributed by atoms with Crippen LogP contribution in [-0.4, -0.2) is 17.5 Å². The molecular formula is C6H3FeKN6O4S. The Bertz CT molecular complexity index is 271. The van der Waals surface area contributed by atoms with Crippen molar-refractivity contribution in [1.82, 2.24) is 0 Å². The van der Waals surface area contributed by atoms with Crippen LogP contribution in [0.15, 0.2) is 0 Å². The Morgan fingerprint density at radius 3 is 0.632 bits per heavy atom. The Hall–Kier alpha value is -1.03. The second-order valence-corrected chi connectivity index (χ2v) is 1.34. The van der Waals surface area contributed by atoms with Crippen molar-refractivity contribution >= 4 is 10.4 Å². The minimum absolute atomic E-state index is 0. The summed E-state index contributed by atoms with van der Waals surface area (Å²) in [6, 6.07) is 0. The Labute approximate surface area is 167 Å². The van der Waals surface area contributed by atoms with E-state index in [0.717, 1.165) is 0 Å². The van der Waals surface area contributed by atoms with Crippen LogP contribution in [-0.2, 0) is 27.5 Å². The van der Waals surface area contributed by atoms with Crippen LogP contribution in [0.5, 0.6) is 0 Å². The molecule has 0 aromatic rings. The number of nitrogens with zero attached hydrogens (tertiary/aromatic N) is 6. The molecule has 0 aromatic carbocycles. The zero-order valence-electron chi connectivity index (χ0n) is 10.2. The van der Waals surface area contributed by atoms with Crippen LogP contribution in [0.25, 0.3) is 0 Å². The predicted octanol–water partition coefficient (Wildman–Crippen LogP) is -2.96. The molecule has 0 fully saturated rings. The first kappa shape index (κ1) is 64.3.